The number of aliphatic hydroxyl groups is 1. The van der Waals surface area contributed by atoms with Crippen LogP contribution in [0.5, 0.6) is 0 Å². The molecule has 4 heteroatoms. The normalized spacial score (nSPS) is 18.2. The molecule has 1 aliphatic rings. The first-order valence-electron chi connectivity index (χ1n) is 6.05. The lowest BCUT2D eigenvalue weighted by atomic mass is 9.87. The summed E-state index contributed by atoms with van der Waals surface area (Å²) in [7, 11) is 0. The van der Waals surface area contributed by atoms with Crippen molar-refractivity contribution in [3.63, 3.8) is 0 Å². The number of hydrogen-bond donors (Lipinski definition) is 3. The van der Waals surface area contributed by atoms with Gasteiger partial charge in [-0.15, -0.1) is 0 Å². The standard InChI is InChI=1S/C13H19IN2O/c14-10-3-4-12(11(15)7-10)16-8-13(9-17)5-1-2-6-13/h3-4,7,16-17H,1-2,5-6,8-9,15H2. The molecule has 1 aromatic rings. The van der Waals surface area contributed by atoms with E-state index in [1.807, 2.05) is 18.2 Å². The maximum atomic E-state index is 9.54. The van der Waals surface area contributed by atoms with Crippen LogP contribution < -0.4 is 11.1 Å². The third-order valence-electron chi connectivity index (χ3n) is 3.67. The lowest BCUT2D eigenvalue weighted by Gasteiger charge is -2.27. The smallest absolute Gasteiger partial charge is 0.0574 e. The van der Waals surface area contributed by atoms with E-state index >= 15 is 0 Å². The van der Waals surface area contributed by atoms with E-state index < -0.39 is 0 Å². The van der Waals surface area contributed by atoms with Crippen LogP contribution in [-0.4, -0.2) is 18.3 Å². The summed E-state index contributed by atoms with van der Waals surface area (Å²) in [5.41, 5.74) is 7.78. The van der Waals surface area contributed by atoms with Gasteiger partial charge in [0.05, 0.1) is 18.0 Å². The monoisotopic (exact) mass is 346 g/mol. The molecule has 0 radical (unpaired) electrons. The Morgan fingerprint density at radius 3 is 2.65 bits per heavy atom. The van der Waals surface area contributed by atoms with Crippen LogP contribution in [0.2, 0.25) is 0 Å². The quantitative estimate of drug-likeness (QED) is 0.580. The van der Waals surface area contributed by atoms with Gasteiger partial charge in [0.2, 0.25) is 0 Å². The SMILES string of the molecule is Nc1cc(I)ccc1NCC1(CO)CCCC1. The highest BCUT2D eigenvalue weighted by molar-refractivity contribution is 14.1. The molecule has 0 aromatic heterocycles. The van der Waals surface area contributed by atoms with Crippen LogP contribution in [0.25, 0.3) is 0 Å². The summed E-state index contributed by atoms with van der Waals surface area (Å²) in [6.45, 7) is 1.08. The molecule has 94 valence electrons. The highest BCUT2D eigenvalue weighted by Gasteiger charge is 2.32. The molecule has 0 saturated heterocycles. The summed E-state index contributed by atoms with van der Waals surface area (Å²) >= 11 is 2.25. The minimum Gasteiger partial charge on any atom is -0.397 e. The number of aliphatic hydroxyl groups excluding tert-OH is 1. The molecule has 3 nitrogen and oxygen atoms in total. The van der Waals surface area contributed by atoms with Crippen LogP contribution in [0.4, 0.5) is 11.4 Å². The van der Waals surface area contributed by atoms with Crippen molar-refractivity contribution >= 4 is 34.0 Å². The van der Waals surface area contributed by atoms with Gasteiger partial charge in [-0.2, -0.15) is 0 Å². The van der Waals surface area contributed by atoms with Crippen molar-refractivity contribution in [2.24, 2.45) is 5.41 Å². The Morgan fingerprint density at radius 1 is 1.35 bits per heavy atom. The lowest BCUT2D eigenvalue weighted by Crippen LogP contribution is -2.30. The first-order valence-corrected chi connectivity index (χ1v) is 7.13. The lowest BCUT2D eigenvalue weighted by molar-refractivity contribution is 0.142. The van der Waals surface area contributed by atoms with Crippen LogP contribution in [0, 0.1) is 8.99 Å². The van der Waals surface area contributed by atoms with Gasteiger partial charge in [0.1, 0.15) is 0 Å². The maximum absolute atomic E-state index is 9.54. The van der Waals surface area contributed by atoms with Crippen molar-refractivity contribution in [2.45, 2.75) is 25.7 Å². The van der Waals surface area contributed by atoms with Gasteiger partial charge in [-0.1, -0.05) is 12.8 Å². The third kappa shape index (κ3) is 3.04. The minimum absolute atomic E-state index is 0.0649. The molecular weight excluding hydrogens is 327 g/mol. The van der Waals surface area contributed by atoms with Gasteiger partial charge >= 0.3 is 0 Å². The fourth-order valence-corrected chi connectivity index (χ4v) is 3.01. The van der Waals surface area contributed by atoms with Crippen LogP contribution >= 0.6 is 22.6 Å². The van der Waals surface area contributed by atoms with Crippen LogP contribution in [-0.2, 0) is 0 Å². The van der Waals surface area contributed by atoms with Crippen LogP contribution in [0.15, 0.2) is 18.2 Å². The number of hydrogen-bond acceptors (Lipinski definition) is 3. The molecule has 0 unspecified atom stereocenters. The topological polar surface area (TPSA) is 58.3 Å². The van der Waals surface area contributed by atoms with E-state index in [2.05, 4.69) is 27.9 Å². The second-order valence-electron chi connectivity index (χ2n) is 4.95. The van der Waals surface area contributed by atoms with Crippen LogP contribution in [0.3, 0.4) is 0 Å². The molecule has 1 fully saturated rings. The number of anilines is 2. The van der Waals surface area contributed by atoms with Crippen molar-refractivity contribution in [2.75, 3.05) is 24.2 Å². The van der Waals surface area contributed by atoms with Crippen molar-refractivity contribution in [3.8, 4) is 0 Å². The first kappa shape index (κ1) is 13.0. The largest absolute Gasteiger partial charge is 0.397 e. The summed E-state index contributed by atoms with van der Waals surface area (Å²) < 4.78 is 1.14. The van der Waals surface area contributed by atoms with Crippen molar-refractivity contribution in [1.29, 1.82) is 0 Å². The van der Waals surface area contributed by atoms with Gasteiger partial charge < -0.3 is 16.2 Å². The molecule has 4 N–H and O–H groups in total. The fraction of sp³-hybridized carbons (Fsp3) is 0.538. The Morgan fingerprint density at radius 2 is 2.06 bits per heavy atom. The molecule has 0 amide bonds. The van der Waals surface area contributed by atoms with Gasteiger partial charge in [0.25, 0.3) is 0 Å². The van der Waals surface area contributed by atoms with E-state index in [1.165, 1.54) is 12.8 Å². The Kier molecular flexibility index (Phi) is 4.14. The van der Waals surface area contributed by atoms with Gasteiger partial charge in [-0.25, -0.2) is 0 Å². The Bertz CT molecular complexity index is 389. The third-order valence-corrected chi connectivity index (χ3v) is 4.34. The summed E-state index contributed by atoms with van der Waals surface area (Å²) in [5.74, 6) is 0. The highest BCUT2D eigenvalue weighted by atomic mass is 127. The number of nitrogens with one attached hydrogen (secondary N) is 1. The summed E-state index contributed by atoms with van der Waals surface area (Å²) in [6.07, 6.45) is 4.68. The zero-order chi connectivity index (χ0) is 12.3. The van der Waals surface area contributed by atoms with E-state index in [9.17, 15) is 5.11 Å². The van der Waals surface area contributed by atoms with E-state index in [0.29, 0.717) is 0 Å². The number of benzene rings is 1. The molecule has 1 aliphatic carbocycles. The second kappa shape index (κ2) is 5.44. The molecule has 0 heterocycles. The zero-order valence-corrected chi connectivity index (χ0v) is 12.0. The van der Waals surface area contributed by atoms with Gasteiger partial charge in [-0.05, 0) is 53.6 Å². The molecule has 2 rings (SSSR count). The fourth-order valence-electron chi connectivity index (χ4n) is 2.49. The molecule has 17 heavy (non-hydrogen) atoms. The maximum Gasteiger partial charge on any atom is 0.0574 e. The molecule has 0 spiro atoms. The van der Waals surface area contributed by atoms with Gasteiger partial charge in [0.15, 0.2) is 0 Å². The minimum atomic E-state index is 0.0649. The molecule has 0 aliphatic heterocycles. The molecule has 1 saturated carbocycles. The number of nitrogens with two attached hydrogens (primary N) is 1. The predicted octanol–water partition coefficient (Wildman–Crippen LogP) is 2.84. The second-order valence-corrected chi connectivity index (χ2v) is 6.20. The first-order chi connectivity index (χ1) is 8.15. The zero-order valence-electron chi connectivity index (χ0n) is 9.88. The molecular formula is C13H19IN2O. The average molecular weight is 346 g/mol. The van der Waals surface area contributed by atoms with E-state index in [-0.39, 0.29) is 12.0 Å². The van der Waals surface area contributed by atoms with Crippen LogP contribution in [0.1, 0.15) is 25.7 Å². The Labute approximate surface area is 116 Å². The van der Waals surface area contributed by atoms with E-state index in [0.717, 1.165) is 34.3 Å². The predicted molar refractivity (Wildman–Crippen MR) is 80.0 cm³/mol. The van der Waals surface area contributed by atoms with E-state index in [4.69, 9.17) is 5.73 Å². The van der Waals surface area contributed by atoms with Crippen molar-refractivity contribution in [1.82, 2.24) is 0 Å². The van der Waals surface area contributed by atoms with Crippen molar-refractivity contribution in [3.05, 3.63) is 21.8 Å². The van der Waals surface area contributed by atoms with Gasteiger partial charge in [-0.3, -0.25) is 0 Å². The average Bonchev–Trinajstić information content (AvgIpc) is 2.77. The van der Waals surface area contributed by atoms with Gasteiger partial charge in [0, 0.05) is 15.5 Å². The highest BCUT2D eigenvalue weighted by Crippen LogP contribution is 2.38. The summed E-state index contributed by atoms with van der Waals surface area (Å²) in [4.78, 5) is 0. The molecule has 0 bridgehead atoms. The molecule has 0 atom stereocenters. The summed E-state index contributed by atoms with van der Waals surface area (Å²) in [5, 5.41) is 12.9. The molecule has 1 aromatic carbocycles. The summed E-state index contributed by atoms with van der Waals surface area (Å²) in [6, 6.07) is 6.01. The Hall–Kier alpha value is -0.490. The Balaban J connectivity index is 2.01. The van der Waals surface area contributed by atoms with E-state index in [1.54, 1.807) is 0 Å². The van der Waals surface area contributed by atoms with Crippen molar-refractivity contribution < 1.29 is 5.11 Å². The number of nitrogen functional groups attached to an aromatic ring is 1. The number of rotatable bonds is 4. The number of halogens is 1.